The van der Waals surface area contributed by atoms with E-state index in [2.05, 4.69) is 5.32 Å². The summed E-state index contributed by atoms with van der Waals surface area (Å²) in [7, 11) is -3.85. The van der Waals surface area contributed by atoms with Gasteiger partial charge in [0.15, 0.2) is 6.61 Å². The van der Waals surface area contributed by atoms with E-state index in [1.165, 1.54) is 41.8 Å². The number of carbonyl (C=O) groups is 2. The zero-order valence-electron chi connectivity index (χ0n) is 20.3. The van der Waals surface area contributed by atoms with Crippen LogP contribution in [0.5, 0.6) is 0 Å². The Morgan fingerprint density at radius 1 is 1.14 bits per heavy atom. The fourth-order valence-electron chi connectivity index (χ4n) is 6.16. The molecule has 3 aliphatic rings. The average molecular weight is 531 g/mol. The molecule has 1 amide bonds. The Hall–Kier alpha value is -2.42. The number of carbonyl (C=O) groups excluding carboxylic acids is 2. The highest BCUT2D eigenvalue weighted by atomic mass is 35.5. The number of esters is 1. The van der Waals surface area contributed by atoms with Gasteiger partial charge in [0, 0.05) is 19.1 Å². The van der Waals surface area contributed by atoms with E-state index < -0.39 is 22.6 Å². The normalized spacial score (nSPS) is 24.2. The number of hydrogen-bond donors (Lipinski definition) is 1. The summed E-state index contributed by atoms with van der Waals surface area (Å²) in [4.78, 5) is 25.2. The summed E-state index contributed by atoms with van der Waals surface area (Å²) in [5.41, 5.74) is 2.02. The molecule has 2 aromatic rings. The summed E-state index contributed by atoms with van der Waals surface area (Å²) in [6.45, 7) is 2.18. The highest BCUT2D eigenvalue weighted by molar-refractivity contribution is 7.89. The monoisotopic (exact) mass is 530 g/mol. The number of amides is 1. The van der Waals surface area contributed by atoms with E-state index in [1.807, 2.05) is 31.2 Å². The van der Waals surface area contributed by atoms with Gasteiger partial charge in [0.25, 0.3) is 5.91 Å². The minimum absolute atomic E-state index is 0.0261. The lowest BCUT2D eigenvalue weighted by molar-refractivity contribution is -0.125. The van der Waals surface area contributed by atoms with Crippen LogP contribution < -0.4 is 5.32 Å². The largest absolute Gasteiger partial charge is 0.452 e. The van der Waals surface area contributed by atoms with Crippen molar-refractivity contribution in [3.05, 3.63) is 64.2 Å². The predicted molar refractivity (Wildman–Crippen MR) is 136 cm³/mol. The Morgan fingerprint density at radius 2 is 1.92 bits per heavy atom. The van der Waals surface area contributed by atoms with Crippen molar-refractivity contribution in [2.24, 2.45) is 17.8 Å². The number of fused-ring (bicyclic) bond motifs is 3. The predicted octanol–water partition coefficient (Wildman–Crippen LogP) is 4.18. The lowest BCUT2D eigenvalue weighted by Crippen LogP contribution is -2.42. The van der Waals surface area contributed by atoms with Gasteiger partial charge in [-0.05, 0) is 79.7 Å². The first-order valence-electron chi connectivity index (χ1n) is 12.6. The third kappa shape index (κ3) is 5.04. The molecule has 1 N–H and O–H groups in total. The molecular formula is C27H31ClN2O5S. The topological polar surface area (TPSA) is 92.8 Å². The zero-order valence-corrected chi connectivity index (χ0v) is 21.9. The van der Waals surface area contributed by atoms with Crippen LogP contribution >= 0.6 is 11.6 Å². The van der Waals surface area contributed by atoms with Crippen LogP contribution in [0.4, 0.5) is 0 Å². The van der Waals surface area contributed by atoms with E-state index in [1.54, 1.807) is 0 Å². The van der Waals surface area contributed by atoms with Gasteiger partial charge < -0.3 is 10.1 Å². The van der Waals surface area contributed by atoms with Gasteiger partial charge in [-0.2, -0.15) is 4.31 Å². The van der Waals surface area contributed by atoms with Crippen molar-refractivity contribution < 1.29 is 22.7 Å². The molecule has 9 heteroatoms. The molecule has 36 heavy (non-hydrogen) atoms. The number of sulfonamides is 1. The molecule has 0 unspecified atom stereocenters. The SMILES string of the molecule is C[C@@H](NC(=O)COC(=O)c1cc(S(=O)(=O)N2CCc3ccccc3C2)ccc1Cl)[C@@H]1C[C@H]2CC[C@H]1C2. The molecule has 2 aromatic carbocycles. The van der Waals surface area contributed by atoms with Crippen LogP contribution in [0.2, 0.25) is 5.02 Å². The number of hydrogen-bond acceptors (Lipinski definition) is 5. The van der Waals surface area contributed by atoms with Gasteiger partial charge in [-0.25, -0.2) is 13.2 Å². The summed E-state index contributed by atoms with van der Waals surface area (Å²) < 4.78 is 33.2. The third-order valence-corrected chi connectivity index (χ3v) is 10.2. The molecule has 2 bridgehead atoms. The van der Waals surface area contributed by atoms with Crippen LogP contribution in [-0.2, 0) is 32.5 Å². The Balaban J connectivity index is 1.22. The summed E-state index contributed by atoms with van der Waals surface area (Å²) >= 11 is 6.21. The van der Waals surface area contributed by atoms with Gasteiger partial charge in [-0.1, -0.05) is 42.3 Å². The molecule has 0 spiro atoms. The van der Waals surface area contributed by atoms with Crippen LogP contribution in [0, 0.1) is 17.8 Å². The van der Waals surface area contributed by atoms with Crippen molar-refractivity contribution in [1.82, 2.24) is 9.62 Å². The van der Waals surface area contributed by atoms with Crippen LogP contribution in [0.15, 0.2) is 47.4 Å². The molecule has 0 saturated heterocycles. The fraction of sp³-hybridized carbons (Fsp3) is 0.481. The van der Waals surface area contributed by atoms with Gasteiger partial charge in [0.1, 0.15) is 0 Å². The summed E-state index contributed by atoms with van der Waals surface area (Å²) in [6, 6.07) is 11.8. The highest BCUT2D eigenvalue weighted by Gasteiger charge is 2.42. The maximum absolute atomic E-state index is 13.3. The quantitative estimate of drug-likeness (QED) is 0.542. The molecule has 0 radical (unpaired) electrons. The molecule has 7 nitrogen and oxygen atoms in total. The summed E-state index contributed by atoms with van der Waals surface area (Å²) in [5.74, 6) is 0.725. The molecular weight excluding hydrogens is 500 g/mol. The maximum atomic E-state index is 13.3. The number of nitrogens with one attached hydrogen (secondary N) is 1. The molecule has 1 heterocycles. The van der Waals surface area contributed by atoms with E-state index in [0.29, 0.717) is 24.8 Å². The number of nitrogens with zero attached hydrogens (tertiary/aromatic N) is 1. The first-order valence-corrected chi connectivity index (χ1v) is 14.4. The van der Waals surface area contributed by atoms with Crippen LogP contribution in [-0.4, -0.2) is 43.8 Å². The zero-order chi connectivity index (χ0) is 25.4. The molecule has 4 atom stereocenters. The maximum Gasteiger partial charge on any atom is 0.340 e. The number of ether oxygens (including phenoxy) is 1. The third-order valence-electron chi connectivity index (χ3n) is 8.05. The van der Waals surface area contributed by atoms with Gasteiger partial charge in [-0.15, -0.1) is 0 Å². The molecule has 192 valence electrons. The first kappa shape index (κ1) is 25.2. The minimum Gasteiger partial charge on any atom is -0.452 e. The van der Waals surface area contributed by atoms with Crippen molar-refractivity contribution in [3.63, 3.8) is 0 Å². The van der Waals surface area contributed by atoms with Crippen LogP contribution in [0.3, 0.4) is 0 Å². The van der Waals surface area contributed by atoms with E-state index >= 15 is 0 Å². The minimum atomic E-state index is -3.85. The second-order valence-electron chi connectivity index (χ2n) is 10.3. The summed E-state index contributed by atoms with van der Waals surface area (Å²) in [6.07, 6.45) is 5.53. The average Bonchev–Trinajstić information content (AvgIpc) is 3.51. The van der Waals surface area contributed by atoms with Crippen molar-refractivity contribution in [2.75, 3.05) is 13.2 Å². The van der Waals surface area contributed by atoms with Crippen molar-refractivity contribution >= 4 is 33.5 Å². The smallest absolute Gasteiger partial charge is 0.340 e. The van der Waals surface area contributed by atoms with E-state index in [4.69, 9.17) is 16.3 Å². The molecule has 2 fully saturated rings. The fourth-order valence-corrected chi connectivity index (χ4v) is 7.80. The van der Waals surface area contributed by atoms with E-state index in [-0.39, 0.29) is 34.0 Å². The van der Waals surface area contributed by atoms with E-state index in [0.717, 1.165) is 23.5 Å². The molecule has 2 saturated carbocycles. The standard InChI is InChI=1S/C27H31ClN2O5S/c1-17(23-13-18-6-7-20(23)12-18)29-26(31)16-35-27(32)24-14-22(8-9-25(24)28)36(33,34)30-11-10-19-4-2-3-5-21(19)15-30/h2-5,8-9,14,17-18,20,23H,6-7,10-13,15-16H2,1H3,(H,29,31)/t17-,18+,20+,23+/m1/s1. The lowest BCUT2D eigenvalue weighted by Gasteiger charge is -2.28. The van der Waals surface area contributed by atoms with Crippen molar-refractivity contribution in [1.29, 1.82) is 0 Å². The molecule has 2 aliphatic carbocycles. The summed E-state index contributed by atoms with van der Waals surface area (Å²) in [5, 5.41) is 3.03. The Kier molecular flexibility index (Phi) is 7.12. The highest BCUT2D eigenvalue weighted by Crippen LogP contribution is 2.49. The van der Waals surface area contributed by atoms with E-state index in [9.17, 15) is 18.0 Å². The van der Waals surface area contributed by atoms with Gasteiger partial charge in [0.2, 0.25) is 10.0 Å². The number of rotatable bonds is 7. The number of benzene rings is 2. The van der Waals surface area contributed by atoms with Crippen molar-refractivity contribution in [3.8, 4) is 0 Å². The van der Waals surface area contributed by atoms with Crippen LogP contribution in [0.25, 0.3) is 0 Å². The van der Waals surface area contributed by atoms with Gasteiger partial charge in [-0.3, -0.25) is 4.79 Å². The van der Waals surface area contributed by atoms with Gasteiger partial charge in [0.05, 0.1) is 15.5 Å². The second kappa shape index (κ2) is 10.1. The second-order valence-corrected chi connectivity index (χ2v) is 12.6. The first-order chi connectivity index (χ1) is 17.2. The molecule has 0 aromatic heterocycles. The molecule has 1 aliphatic heterocycles. The Bertz CT molecular complexity index is 1280. The molecule has 5 rings (SSSR count). The number of halogens is 1. The van der Waals surface area contributed by atoms with Gasteiger partial charge >= 0.3 is 5.97 Å². The van der Waals surface area contributed by atoms with Crippen LogP contribution in [0.1, 0.15) is 54.1 Å². The Labute approximate surface area is 217 Å². The Morgan fingerprint density at radius 3 is 2.64 bits per heavy atom. The lowest BCUT2D eigenvalue weighted by atomic mass is 9.84. The van der Waals surface area contributed by atoms with Crippen molar-refractivity contribution in [2.45, 2.75) is 56.5 Å².